The second kappa shape index (κ2) is 2.91. The molecule has 2 aliphatic rings. The highest BCUT2D eigenvalue weighted by molar-refractivity contribution is 7.87. The zero-order chi connectivity index (χ0) is 9.53. The van der Waals surface area contributed by atoms with E-state index in [1.165, 1.54) is 7.05 Å². The van der Waals surface area contributed by atoms with Gasteiger partial charge in [0.2, 0.25) is 0 Å². The Kier molecular flexibility index (Phi) is 2.10. The molecular weight excluding hydrogens is 192 g/mol. The van der Waals surface area contributed by atoms with Crippen molar-refractivity contribution < 1.29 is 13.2 Å². The fourth-order valence-corrected chi connectivity index (χ4v) is 3.02. The van der Waals surface area contributed by atoms with E-state index >= 15 is 0 Å². The van der Waals surface area contributed by atoms with Gasteiger partial charge in [-0.25, -0.2) is 4.72 Å². The highest BCUT2D eigenvalue weighted by Gasteiger charge is 2.54. The van der Waals surface area contributed by atoms with Crippen LogP contribution in [0, 0.1) is 0 Å². The van der Waals surface area contributed by atoms with Crippen LogP contribution in [0.4, 0.5) is 0 Å². The minimum Gasteiger partial charge on any atom is -0.378 e. The molecule has 1 aliphatic carbocycles. The van der Waals surface area contributed by atoms with E-state index in [9.17, 15) is 8.42 Å². The fraction of sp³-hybridized carbons (Fsp3) is 1.00. The van der Waals surface area contributed by atoms with Crippen LogP contribution in [-0.2, 0) is 14.9 Å². The van der Waals surface area contributed by atoms with Gasteiger partial charge in [-0.15, -0.1) is 0 Å². The lowest BCUT2D eigenvalue weighted by molar-refractivity contribution is 0.0209. The highest BCUT2D eigenvalue weighted by atomic mass is 32.2. The van der Waals surface area contributed by atoms with Crippen molar-refractivity contribution in [3.8, 4) is 0 Å². The van der Waals surface area contributed by atoms with E-state index in [1.807, 2.05) is 0 Å². The van der Waals surface area contributed by atoms with Crippen molar-refractivity contribution in [2.45, 2.75) is 18.4 Å². The molecule has 5 nitrogen and oxygen atoms in total. The fourth-order valence-electron chi connectivity index (χ4n) is 1.74. The summed E-state index contributed by atoms with van der Waals surface area (Å²) in [6, 6.07) is 0. The molecule has 6 heteroatoms. The summed E-state index contributed by atoms with van der Waals surface area (Å²) in [5.41, 5.74) is -0.208. The quantitative estimate of drug-likeness (QED) is 0.651. The van der Waals surface area contributed by atoms with Gasteiger partial charge in [0.15, 0.2) is 0 Å². The summed E-state index contributed by atoms with van der Waals surface area (Å²) >= 11 is 0. The third-order valence-corrected chi connectivity index (χ3v) is 4.38. The third kappa shape index (κ3) is 1.48. The largest absolute Gasteiger partial charge is 0.378 e. The number of rotatable bonds is 2. The van der Waals surface area contributed by atoms with E-state index < -0.39 is 10.2 Å². The lowest BCUT2D eigenvalue weighted by Crippen LogP contribution is -2.53. The lowest BCUT2D eigenvalue weighted by atomic mass is 10.2. The summed E-state index contributed by atoms with van der Waals surface area (Å²) in [7, 11) is -1.82. The third-order valence-electron chi connectivity index (χ3n) is 2.71. The average Bonchev–Trinajstić information content (AvgIpc) is 2.86. The molecule has 0 amide bonds. The number of hydrogen-bond donors (Lipinski definition) is 1. The summed E-state index contributed by atoms with van der Waals surface area (Å²) in [5.74, 6) is 0. The van der Waals surface area contributed by atoms with Crippen molar-refractivity contribution in [1.29, 1.82) is 0 Å². The standard InChI is InChI=1S/C7H14N2O3S/c1-8-13(10,11)9-4-5-12-6-7(9)2-3-7/h8H,2-6H2,1H3. The lowest BCUT2D eigenvalue weighted by Gasteiger charge is -2.34. The first-order valence-corrected chi connectivity index (χ1v) is 5.84. The maximum absolute atomic E-state index is 11.6. The Morgan fingerprint density at radius 2 is 2.15 bits per heavy atom. The molecule has 13 heavy (non-hydrogen) atoms. The molecule has 2 rings (SSSR count). The van der Waals surface area contributed by atoms with Crippen molar-refractivity contribution >= 4 is 10.2 Å². The van der Waals surface area contributed by atoms with E-state index in [0.29, 0.717) is 19.8 Å². The molecule has 1 N–H and O–H groups in total. The molecule has 1 heterocycles. The van der Waals surface area contributed by atoms with Gasteiger partial charge < -0.3 is 4.74 Å². The summed E-state index contributed by atoms with van der Waals surface area (Å²) in [5, 5.41) is 0. The van der Waals surface area contributed by atoms with Gasteiger partial charge in [0.05, 0.1) is 18.8 Å². The summed E-state index contributed by atoms with van der Waals surface area (Å²) in [6.45, 7) is 1.53. The molecule has 0 atom stereocenters. The van der Waals surface area contributed by atoms with Crippen molar-refractivity contribution in [2.75, 3.05) is 26.8 Å². The molecule has 0 aromatic heterocycles. The Hall–Kier alpha value is -0.170. The van der Waals surface area contributed by atoms with Crippen LogP contribution in [0.5, 0.6) is 0 Å². The van der Waals surface area contributed by atoms with Crippen LogP contribution < -0.4 is 4.72 Å². The predicted octanol–water partition coefficient (Wildman–Crippen LogP) is -0.685. The Morgan fingerprint density at radius 3 is 2.69 bits per heavy atom. The minimum atomic E-state index is -3.26. The molecular formula is C7H14N2O3S. The molecule has 0 unspecified atom stereocenters. The van der Waals surface area contributed by atoms with Crippen molar-refractivity contribution in [3.63, 3.8) is 0 Å². The molecule has 1 spiro atoms. The van der Waals surface area contributed by atoms with Crippen molar-refractivity contribution in [1.82, 2.24) is 9.03 Å². The number of nitrogens with zero attached hydrogens (tertiary/aromatic N) is 1. The van der Waals surface area contributed by atoms with Crippen LogP contribution in [0.25, 0.3) is 0 Å². The number of hydrogen-bond acceptors (Lipinski definition) is 3. The number of morpholine rings is 1. The predicted molar refractivity (Wildman–Crippen MR) is 47.5 cm³/mol. The van der Waals surface area contributed by atoms with Crippen LogP contribution in [0.1, 0.15) is 12.8 Å². The van der Waals surface area contributed by atoms with Crippen molar-refractivity contribution in [3.05, 3.63) is 0 Å². The average molecular weight is 206 g/mol. The van der Waals surface area contributed by atoms with Crippen LogP contribution in [0.15, 0.2) is 0 Å². The first-order chi connectivity index (χ1) is 6.11. The van der Waals surface area contributed by atoms with Crippen LogP contribution >= 0.6 is 0 Å². The molecule has 1 saturated heterocycles. The Bertz CT molecular complexity index is 297. The maximum Gasteiger partial charge on any atom is 0.279 e. The molecule has 2 fully saturated rings. The zero-order valence-electron chi connectivity index (χ0n) is 7.62. The maximum atomic E-state index is 11.6. The minimum absolute atomic E-state index is 0.208. The smallest absolute Gasteiger partial charge is 0.279 e. The molecule has 0 aromatic carbocycles. The van der Waals surface area contributed by atoms with Gasteiger partial charge in [-0.2, -0.15) is 12.7 Å². The van der Waals surface area contributed by atoms with Gasteiger partial charge in [-0.3, -0.25) is 0 Å². The number of ether oxygens (including phenoxy) is 1. The SMILES string of the molecule is CNS(=O)(=O)N1CCOCC12CC2. The van der Waals surface area contributed by atoms with Gasteiger partial charge >= 0.3 is 0 Å². The van der Waals surface area contributed by atoms with Crippen LogP contribution in [-0.4, -0.2) is 45.1 Å². The molecule has 0 aromatic rings. The van der Waals surface area contributed by atoms with Gasteiger partial charge in [0, 0.05) is 13.6 Å². The first-order valence-electron chi connectivity index (χ1n) is 4.40. The van der Waals surface area contributed by atoms with E-state index in [-0.39, 0.29) is 5.54 Å². The van der Waals surface area contributed by atoms with Crippen molar-refractivity contribution in [2.24, 2.45) is 0 Å². The molecule has 1 saturated carbocycles. The van der Waals surface area contributed by atoms with Gasteiger partial charge in [0.1, 0.15) is 0 Å². The van der Waals surface area contributed by atoms with E-state index in [2.05, 4.69) is 4.72 Å². The van der Waals surface area contributed by atoms with Gasteiger partial charge in [-0.1, -0.05) is 0 Å². The Labute approximate surface area is 78.2 Å². The molecule has 0 bridgehead atoms. The Balaban J connectivity index is 2.22. The summed E-state index contributed by atoms with van der Waals surface area (Å²) in [6.07, 6.45) is 1.85. The second-order valence-corrected chi connectivity index (χ2v) is 5.36. The Morgan fingerprint density at radius 1 is 1.46 bits per heavy atom. The number of nitrogens with one attached hydrogen (secondary N) is 1. The zero-order valence-corrected chi connectivity index (χ0v) is 8.43. The summed E-state index contributed by atoms with van der Waals surface area (Å²) in [4.78, 5) is 0. The van der Waals surface area contributed by atoms with E-state index in [0.717, 1.165) is 12.8 Å². The van der Waals surface area contributed by atoms with Crippen LogP contribution in [0.2, 0.25) is 0 Å². The van der Waals surface area contributed by atoms with Crippen LogP contribution in [0.3, 0.4) is 0 Å². The molecule has 76 valence electrons. The van der Waals surface area contributed by atoms with E-state index in [4.69, 9.17) is 4.74 Å². The summed E-state index contributed by atoms with van der Waals surface area (Å²) < 4.78 is 32.3. The van der Waals surface area contributed by atoms with Gasteiger partial charge in [-0.05, 0) is 12.8 Å². The monoisotopic (exact) mass is 206 g/mol. The normalized spacial score (nSPS) is 27.8. The molecule has 0 radical (unpaired) electrons. The van der Waals surface area contributed by atoms with E-state index in [1.54, 1.807) is 4.31 Å². The topological polar surface area (TPSA) is 58.6 Å². The second-order valence-electron chi connectivity index (χ2n) is 3.56. The highest BCUT2D eigenvalue weighted by Crippen LogP contribution is 2.44. The van der Waals surface area contributed by atoms with Gasteiger partial charge in [0.25, 0.3) is 10.2 Å². The molecule has 1 aliphatic heterocycles. The first kappa shape index (κ1) is 9.39.